The largest absolute Gasteiger partial charge is 0.271 e. The van der Waals surface area contributed by atoms with Gasteiger partial charge in [-0.2, -0.15) is 0 Å². The van der Waals surface area contributed by atoms with E-state index >= 15 is 0 Å². The summed E-state index contributed by atoms with van der Waals surface area (Å²) in [5.41, 5.74) is 3.06. The van der Waals surface area contributed by atoms with Crippen LogP contribution in [0, 0.1) is 0 Å². The van der Waals surface area contributed by atoms with E-state index in [1.165, 1.54) is 4.90 Å². The molecule has 0 unspecified atom stereocenters. The van der Waals surface area contributed by atoms with E-state index in [2.05, 4.69) is 13.8 Å². The minimum Gasteiger partial charge on any atom is -0.271 e. The highest BCUT2D eigenvalue weighted by molar-refractivity contribution is 6.41. The van der Waals surface area contributed by atoms with Crippen LogP contribution >= 0.6 is 0 Å². The van der Waals surface area contributed by atoms with E-state index in [0.717, 1.165) is 113 Å². The molecule has 4 amide bonds. The minimum absolute atomic E-state index is 0.126. The normalized spacial score (nSPS) is 15.0. The topological polar surface area (TPSA) is 74.8 Å². The highest BCUT2D eigenvalue weighted by Crippen LogP contribution is 2.47. The van der Waals surface area contributed by atoms with E-state index in [-0.39, 0.29) is 29.7 Å². The van der Waals surface area contributed by atoms with Gasteiger partial charge in [-0.25, -0.2) is 0 Å². The Morgan fingerprint density at radius 2 is 0.873 bits per heavy atom. The molecule has 1 atom stereocenters. The number of hydrogen-bond donors (Lipinski definition) is 0. The number of fused-ring (bicyclic) bond motifs is 3. The molecule has 0 N–H and O–H groups in total. The van der Waals surface area contributed by atoms with Gasteiger partial charge in [0.1, 0.15) is 0 Å². The lowest BCUT2D eigenvalue weighted by Gasteiger charge is -2.35. The maximum Gasteiger partial charge on any atom is 0.261 e. The highest BCUT2D eigenvalue weighted by Gasteiger charge is 2.40. The lowest BCUT2D eigenvalue weighted by molar-refractivity contribution is 0.0511. The molecule has 0 radical (unpaired) electrons. The van der Waals surface area contributed by atoms with Gasteiger partial charge in [0.2, 0.25) is 0 Å². The average Bonchev–Trinajstić information content (AvgIpc) is 3.21. The third-order valence-corrected chi connectivity index (χ3v) is 12.5. The van der Waals surface area contributed by atoms with Crippen molar-refractivity contribution in [2.75, 3.05) is 0 Å². The summed E-state index contributed by atoms with van der Waals surface area (Å²) in [5, 5.41) is 8.79. The predicted octanol–water partition coefficient (Wildman–Crippen LogP) is 12.2. The first-order chi connectivity index (χ1) is 26.8. The van der Waals surface area contributed by atoms with Crippen molar-refractivity contribution in [1.29, 1.82) is 0 Å². The molecule has 55 heavy (non-hydrogen) atoms. The standard InChI is InChI=1S/C49H46N2O4/c1-4-6-8-10-17-31(18-11-9-7-5-2)51-48(54)40-27-23-36-34-21-25-38-44-39(26-22-35(42(34)44)37-24-28-41(49(51)55)45(40)43(36)37)47(53)50(46(38)52)29(3)32-20-14-16-30-15-12-13-19-33(30)32/h12-16,19-29,31H,4-11,17-18H2,1-3H3/t29-/m0/s1. The molecule has 0 saturated heterocycles. The van der Waals surface area contributed by atoms with Crippen LogP contribution in [0.1, 0.15) is 138 Å². The zero-order valence-corrected chi connectivity index (χ0v) is 31.9. The van der Waals surface area contributed by atoms with Crippen LogP contribution in [-0.4, -0.2) is 39.5 Å². The summed E-state index contributed by atoms with van der Waals surface area (Å²) >= 11 is 0. The fraction of sp³-hybridized carbons (Fsp3) is 0.306. The monoisotopic (exact) mass is 726 g/mol. The molecular weight excluding hydrogens is 681 g/mol. The fourth-order valence-corrected chi connectivity index (χ4v) is 9.76. The van der Waals surface area contributed by atoms with Crippen LogP contribution in [0.25, 0.3) is 53.9 Å². The van der Waals surface area contributed by atoms with Crippen molar-refractivity contribution in [2.45, 2.75) is 97.1 Å². The van der Waals surface area contributed by atoms with E-state index in [0.29, 0.717) is 33.0 Å². The van der Waals surface area contributed by atoms with E-state index < -0.39 is 6.04 Å². The third kappa shape index (κ3) is 5.36. The highest BCUT2D eigenvalue weighted by atomic mass is 16.2. The van der Waals surface area contributed by atoms with Crippen molar-refractivity contribution in [3.8, 4) is 0 Å². The van der Waals surface area contributed by atoms with Crippen LogP contribution < -0.4 is 0 Å². The molecule has 0 aliphatic carbocycles. The Morgan fingerprint density at radius 3 is 1.35 bits per heavy atom. The second kappa shape index (κ2) is 13.9. The third-order valence-electron chi connectivity index (χ3n) is 12.5. The van der Waals surface area contributed by atoms with E-state index in [1.807, 2.05) is 97.9 Å². The molecule has 7 aromatic rings. The second-order valence-electron chi connectivity index (χ2n) is 15.7. The summed E-state index contributed by atoms with van der Waals surface area (Å²) in [6, 6.07) is 28.9. The van der Waals surface area contributed by atoms with Crippen LogP contribution in [0.15, 0.2) is 91.0 Å². The Labute approximate surface area is 321 Å². The molecule has 0 bridgehead atoms. The first kappa shape index (κ1) is 35.1. The number of hydrogen-bond acceptors (Lipinski definition) is 4. The second-order valence-corrected chi connectivity index (χ2v) is 15.7. The molecule has 0 fully saturated rings. The number of amides is 4. The Hall–Kier alpha value is -5.62. The van der Waals surface area contributed by atoms with Crippen molar-refractivity contribution in [3.05, 3.63) is 119 Å². The average molecular weight is 727 g/mol. The van der Waals surface area contributed by atoms with Gasteiger partial charge < -0.3 is 0 Å². The lowest BCUT2D eigenvalue weighted by atomic mass is 9.81. The van der Waals surface area contributed by atoms with Crippen LogP contribution in [0.5, 0.6) is 0 Å². The summed E-state index contributed by atoms with van der Waals surface area (Å²) in [5.74, 6) is -1.03. The Kier molecular flexibility index (Phi) is 8.87. The smallest absolute Gasteiger partial charge is 0.261 e. The maximum absolute atomic E-state index is 14.5. The first-order valence-electron chi connectivity index (χ1n) is 20.3. The van der Waals surface area contributed by atoms with Crippen LogP contribution in [0.4, 0.5) is 0 Å². The van der Waals surface area contributed by atoms with Gasteiger partial charge in [-0.1, -0.05) is 132 Å². The summed E-state index contributed by atoms with van der Waals surface area (Å²) in [4.78, 5) is 60.9. The Morgan fingerprint density at radius 1 is 0.436 bits per heavy atom. The van der Waals surface area contributed by atoms with Gasteiger partial charge in [0.05, 0.1) is 6.04 Å². The first-order valence-corrected chi connectivity index (χ1v) is 20.3. The molecule has 7 aromatic carbocycles. The number of rotatable bonds is 13. The molecule has 276 valence electrons. The summed E-state index contributed by atoms with van der Waals surface area (Å²) in [6.07, 6.45) is 10.4. The van der Waals surface area contributed by atoms with E-state index in [1.54, 1.807) is 4.90 Å². The predicted molar refractivity (Wildman–Crippen MR) is 222 cm³/mol. The van der Waals surface area contributed by atoms with Gasteiger partial charge in [0.15, 0.2) is 0 Å². The van der Waals surface area contributed by atoms with Gasteiger partial charge in [-0.15, -0.1) is 0 Å². The lowest BCUT2D eigenvalue weighted by Crippen LogP contribution is -2.47. The van der Waals surface area contributed by atoms with Gasteiger partial charge in [0, 0.05) is 39.1 Å². The van der Waals surface area contributed by atoms with Crippen molar-refractivity contribution in [3.63, 3.8) is 0 Å². The summed E-state index contributed by atoms with van der Waals surface area (Å²) in [7, 11) is 0. The van der Waals surface area contributed by atoms with Crippen molar-refractivity contribution < 1.29 is 19.2 Å². The van der Waals surface area contributed by atoms with Crippen LogP contribution in [-0.2, 0) is 0 Å². The quantitative estimate of drug-likeness (QED) is 0.0513. The molecule has 6 nitrogen and oxygen atoms in total. The molecular formula is C49H46N2O4. The maximum atomic E-state index is 14.5. The number of unbranched alkanes of at least 4 members (excludes halogenated alkanes) is 6. The molecule has 0 spiro atoms. The molecule has 2 aliphatic heterocycles. The number of nitrogens with zero attached hydrogens (tertiary/aromatic N) is 2. The van der Waals surface area contributed by atoms with Gasteiger partial charge in [-0.05, 0) is 92.7 Å². The summed E-state index contributed by atoms with van der Waals surface area (Å²) < 4.78 is 0. The van der Waals surface area contributed by atoms with Gasteiger partial charge in [-0.3, -0.25) is 29.0 Å². The van der Waals surface area contributed by atoms with Crippen LogP contribution in [0.2, 0.25) is 0 Å². The molecule has 6 heteroatoms. The molecule has 9 rings (SSSR count). The molecule has 0 saturated carbocycles. The summed E-state index contributed by atoms with van der Waals surface area (Å²) in [6.45, 7) is 6.32. The Balaban J connectivity index is 1.15. The molecule has 2 aliphatic rings. The SMILES string of the molecule is CCCCCCC(CCCCCC)N1C(=O)c2ccc3c4ccc5c6c(ccc(c7ccc(c2c37)C1=O)c64)C(=O)N([C@@H](C)c1cccc2ccccc12)C5=O. The van der Waals surface area contributed by atoms with Crippen molar-refractivity contribution >= 4 is 77.5 Å². The van der Waals surface area contributed by atoms with E-state index in [9.17, 15) is 19.2 Å². The molecule has 0 aromatic heterocycles. The minimum atomic E-state index is -0.486. The van der Waals surface area contributed by atoms with E-state index in [4.69, 9.17) is 0 Å². The zero-order valence-electron chi connectivity index (χ0n) is 31.9. The van der Waals surface area contributed by atoms with Crippen LogP contribution in [0.3, 0.4) is 0 Å². The molecule has 2 heterocycles. The Bertz CT molecular complexity index is 2570. The number of carbonyl (C=O) groups excluding carboxylic acids is 4. The van der Waals surface area contributed by atoms with Crippen molar-refractivity contribution in [1.82, 2.24) is 9.80 Å². The zero-order chi connectivity index (χ0) is 38.0. The van der Waals surface area contributed by atoms with Gasteiger partial charge in [0.25, 0.3) is 23.6 Å². The van der Waals surface area contributed by atoms with Gasteiger partial charge >= 0.3 is 0 Å². The van der Waals surface area contributed by atoms with Crippen molar-refractivity contribution in [2.24, 2.45) is 0 Å². The number of carbonyl (C=O) groups is 4. The number of imide groups is 2. The number of benzene rings is 7. The fourth-order valence-electron chi connectivity index (χ4n) is 9.76.